The van der Waals surface area contributed by atoms with E-state index < -0.39 is 0 Å². The maximum absolute atomic E-state index is 12.2. The second kappa shape index (κ2) is 6.96. The highest BCUT2D eigenvalue weighted by Crippen LogP contribution is 2.19. The van der Waals surface area contributed by atoms with Gasteiger partial charge in [0, 0.05) is 23.4 Å². The average Bonchev–Trinajstić information content (AvgIpc) is 2.41. The molecule has 4 heteroatoms. The molecule has 2 N–H and O–H groups in total. The van der Waals surface area contributed by atoms with E-state index in [1.807, 2.05) is 12.1 Å². The van der Waals surface area contributed by atoms with E-state index in [1.54, 1.807) is 11.8 Å². The van der Waals surface area contributed by atoms with E-state index in [1.165, 1.54) is 5.56 Å². The third-order valence-corrected chi connectivity index (χ3v) is 4.15. The maximum Gasteiger partial charge on any atom is 0.227 e. The molecule has 1 aromatic rings. The Hall–Kier alpha value is -1.00. The van der Waals surface area contributed by atoms with Gasteiger partial charge in [-0.25, -0.2) is 0 Å². The van der Waals surface area contributed by atoms with Gasteiger partial charge in [-0.2, -0.15) is 11.8 Å². The van der Waals surface area contributed by atoms with Crippen molar-refractivity contribution in [1.29, 1.82) is 0 Å². The summed E-state index contributed by atoms with van der Waals surface area (Å²) >= 11 is 1.80. The zero-order chi connectivity index (χ0) is 13.7. The maximum atomic E-state index is 12.2. The van der Waals surface area contributed by atoms with Gasteiger partial charge in [0.2, 0.25) is 5.91 Å². The third kappa shape index (κ3) is 4.25. The highest BCUT2D eigenvalue weighted by atomic mass is 32.2. The fraction of sp³-hybridized carbons (Fsp3) is 0.533. The lowest BCUT2D eigenvalue weighted by Crippen LogP contribution is -2.40. The molecule has 1 aliphatic heterocycles. The molecule has 1 amide bonds. The summed E-state index contributed by atoms with van der Waals surface area (Å²) in [5.41, 5.74) is 2.20. The monoisotopic (exact) mass is 278 g/mol. The number of carbonyl (C=O) groups is 1. The van der Waals surface area contributed by atoms with Gasteiger partial charge in [-0.05, 0) is 50.3 Å². The summed E-state index contributed by atoms with van der Waals surface area (Å²) in [6, 6.07) is 8.59. The molecule has 1 aliphatic rings. The molecule has 2 atom stereocenters. The second-order valence-corrected chi connectivity index (χ2v) is 6.06. The molecular weight excluding hydrogens is 256 g/mol. The number of piperidine rings is 1. The summed E-state index contributed by atoms with van der Waals surface area (Å²) in [7, 11) is 0. The minimum atomic E-state index is 0.141. The number of benzene rings is 1. The van der Waals surface area contributed by atoms with Gasteiger partial charge in [0.15, 0.2) is 0 Å². The Morgan fingerprint density at radius 2 is 2.16 bits per heavy atom. The van der Waals surface area contributed by atoms with Crippen LogP contribution in [0.5, 0.6) is 0 Å². The van der Waals surface area contributed by atoms with Crippen LogP contribution in [-0.2, 0) is 10.5 Å². The van der Waals surface area contributed by atoms with E-state index in [2.05, 4.69) is 35.9 Å². The summed E-state index contributed by atoms with van der Waals surface area (Å²) in [6.07, 6.45) is 3.95. The van der Waals surface area contributed by atoms with E-state index in [-0.39, 0.29) is 11.8 Å². The van der Waals surface area contributed by atoms with Crippen molar-refractivity contribution in [3.05, 3.63) is 29.8 Å². The molecule has 3 nitrogen and oxygen atoms in total. The lowest BCUT2D eigenvalue weighted by molar-refractivity contribution is -0.120. The first-order chi connectivity index (χ1) is 9.19. The molecule has 2 rings (SSSR count). The van der Waals surface area contributed by atoms with Crippen molar-refractivity contribution < 1.29 is 4.79 Å². The van der Waals surface area contributed by atoms with Crippen molar-refractivity contribution in [1.82, 2.24) is 5.32 Å². The van der Waals surface area contributed by atoms with Crippen LogP contribution in [0.2, 0.25) is 0 Å². The standard InChI is InChI=1S/C15H22N2OS/c1-11-9-13(7-8-16-11)15(18)17-14-5-3-12(4-6-14)10-19-2/h3-6,11,13,16H,7-10H2,1-2H3,(H,17,18)/t11-,13-/m0/s1. The topological polar surface area (TPSA) is 41.1 Å². The second-order valence-electron chi connectivity index (χ2n) is 5.20. The summed E-state index contributed by atoms with van der Waals surface area (Å²) in [5.74, 6) is 1.31. The normalized spacial score (nSPS) is 23.1. The number of hydrogen-bond acceptors (Lipinski definition) is 3. The summed E-state index contributed by atoms with van der Waals surface area (Å²) in [6.45, 7) is 3.07. The fourth-order valence-corrected chi connectivity index (χ4v) is 2.99. The van der Waals surface area contributed by atoms with E-state index in [0.29, 0.717) is 6.04 Å². The van der Waals surface area contributed by atoms with E-state index in [0.717, 1.165) is 30.8 Å². The van der Waals surface area contributed by atoms with Crippen LogP contribution in [0.15, 0.2) is 24.3 Å². The molecule has 0 bridgehead atoms. The molecular formula is C15H22N2OS. The minimum absolute atomic E-state index is 0.141. The Balaban J connectivity index is 1.90. The van der Waals surface area contributed by atoms with Gasteiger partial charge in [0.05, 0.1) is 0 Å². The Labute approximate surface area is 119 Å². The van der Waals surface area contributed by atoms with Gasteiger partial charge in [-0.3, -0.25) is 4.79 Å². The summed E-state index contributed by atoms with van der Waals surface area (Å²) in [4.78, 5) is 12.2. The molecule has 1 fully saturated rings. The average molecular weight is 278 g/mol. The number of carbonyl (C=O) groups excluding carboxylic acids is 1. The summed E-state index contributed by atoms with van der Waals surface area (Å²) in [5, 5.41) is 6.40. The SMILES string of the molecule is CSCc1ccc(NC(=O)[C@H]2CCN[C@@H](C)C2)cc1. The smallest absolute Gasteiger partial charge is 0.227 e. The number of amides is 1. The molecule has 19 heavy (non-hydrogen) atoms. The van der Waals surface area contributed by atoms with Crippen molar-refractivity contribution in [3.63, 3.8) is 0 Å². The molecule has 1 heterocycles. The molecule has 0 saturated carbocycles. The quantitative estimate of drug-likeness (QED) is 0.890. The zero-order valence-electron chi connectivity index (χ0n) is 11.6. The van der Waals surface area contributed by atoms with Crippen LogP contribution >= 0.6 is 11.8 Å². The molecule has 0 unspecified atom stereocenters. The van der Waals surface area contributed by atoms with Gasteiger partial charge in [0.25, 0.3) is 0 Å². The van der Waals surface area contributed by atoms with E-state index in [4.69, 9.17) is 0 Å². The van der Waals surface area contributed by atoms with Crippen molar-refractivity contribution >= 4 is 23.4 Å². The molecule has 0 aliphatic carbocycles. The van der Waals surface area contributed by atoms with Crippen LogP contribution in [0.3, 0.4) is 0 Å². The number of rotatable bonds is 4. The Morgan fingerprint density at radius 3 is 2.79 bits per heavy atom. The minimum Gasteiger partial charge on any atom is -0.326 e. The number of anilines is 1. The number of nitrogens with one attached hydrogen (secondary N) is 2. The predicted octanol–water partition coefficient (Wildman–Crippen LogP) is 2.88. The molecule has 1 saturated heterocycles. The van der Waals surface area contributed by atoms with Crippen molar-refractivity contribution in [3.8, 4) is 0 Å². The van der Waals surface area contributed by atoms with Crippen molar-refractivity contribution in [2.24, 2.45) is 5.92 Å². The predicted molar refractivity (Wildman–Crippen MR) is 82.5 cm³/mol. The van der Waals surface area contributed by atoms with Gasteiger partial charge in [-0.1, -0.05) is 12.1 Å². The molecule has 1 aromatic carbocycles. The van der Waals surface area contributed by atoms with E-state index in [9.17, 15) is 4.79 Å². The van der Waals surface area contributed by atoms with Crippen LogP contribution in [0, 0.1) is 5.92 Å². The lowest BCUT2D eigenvalue weighted by atomic mass is 9.92. The van der Waals surface area contributed by atoms with Crippen molar-refractivity contribution in [2.75, 3.05) is 18.1 Å². The van der Waals surface area contributed by atoms with Gasteiger partial charge >= 0.3 is 0 Å². The number of hydrogen-bond donors (Lipinski definition) is 2. The Morgan fingerprint density at radius 1 is 1.42 bits per heavy atom. The van der Waals surface area contributed by atoms with Gasteiger partial charge in [-0.15, -0.1) is 0 Å². The van der Waals surface area contributed by atoms with Crippen molar-refractivity contribution in [2.45, 2.75) is 31.6 Å². The fourth-order valence-electron chi connectivity index (χ4n) is 2.47. The molecule has 0 radical (unpaired) electrons. The van der Waals surface area contributed by atoms with Crippen LogP contribution in [0.25, 0.3) is 0 Å². The highest BCUT2D eigenvalue weighted by Gasteiger charge is 2.24. The summed E-state index contributed by atoms with van der Waals surface area (Å²) < 4.78 is 0. The molecule has 104 valence electrons. The molecule has 0 aromatic heterocycles. The first kappa shape index (κ1) is 14.4. The van der Waals surface area contributed by atoms with Gasteiger partial charge in [0.1, 0.15) is 0 Å². The molecule has 0 spiro atoms. The van der Waals surface area contributed by atoms with Crippen LogP contribution in [-0.4, -0.2) is 24.7 Å². The van der Waals surface area contributed by atoms with Crippen LogP contribution < -0.4 is 10.6 Å². The third-order valence-electron chi connectivity index (χ3n) is 3.53. The number of thioether (sulfide) groups is 1. The Kier molecular flexibility index (Phi) is 5.28. The highest BCUT2D eigenvalue weighted by molar-refractivity contribution is 7.97. The Bertz CT molecular complexity index is 419. The zero-order valence-corrected chi connectivity index (χ0v) is 12.4. The first-order valence-electron chi connectivity index (χ1n) is 6.81. The van der Waals surface area contributed by atoms with Crippen LogP contribution in [0.1, 0.15) is 25.3 Å². The largest absolute Gasteiger partial charge is 0.326 e. The van der Waals surface area contributed by atoms with Crippen LogP contribution in [0.4, 0.5) is 5.69 Å². The first-order valence-corrected chi connectivity index (χ1v) is 8.20. The van der Waals surface area contributed by atoms with Gasteiger partial charge < -0.3 is 10.6 Å². The lowest BCUT2D eigenvalue weighted by Gasteiger charge is -2.27. The van der Waals surface area contributed by atoms with E-state index >= 15 is 0 Å².